The van der Waals surface area contributed by atoms with Crippen molar-refractivity contribution in [3.63, 3.8) is 0 Å². The summed E-state index contributed by atoms with van der Waals surface area (Å²) < 4.78 is 1.16. The van der Waals surface area contributed by atoms with Crippen LogP contribution in [0.5, 0.6) is 0 Å². The molecule has 0 radical (unpaired) electrons. The van der Waals surface area contributed by atoms with Crippen molar-refractivity contribution in [1.29, 1.82) is 0 Å². The van der Waals surface area contributed by atoms with Crippen molar-refractivity contribution in [3.05, 3.63) is 33.4 Å². The number of anilines is 1. The highest BCUT2D eigenvalue weighted by molar-refractivity contribution is 14.1. The predicted molar refractivity (Wildman–Crippen MR) is 103 cm³/mol. The van der Waals surface area contributed by atoms with Crippen molar-refractivity contribution in [2.45, 2.75) is 29.4 Å². The molecule has 1 amide bonds. The number of amides is 1. The first-order chi connectivity index (χ1) is 9.95. The van der Waals surface area contributed by atoms with Crippen molar-refractivity contribution in [1.82, 2.24) is 0 Å². The van der Waals surface area contributed by atoms with Crippen LogP contribution in [-0.2, 0) is 4.79 Å². The van der Waals surface area contributed by atoms with Crippen LogP contribution in [0.1, 0.15) is 25.3 Å². The molecule has 1 aliphatic heterocycles. The summed E-state index contributed by atoms with van der Waals surface area (Å²) in [5.41, 5.74) is 2.81. The van der Waals surface area contributed by atoms with Gasteiger partial charge in [-0.05, 0) is 65.5 Å². The summed E-state index contributed by atoms with van der Waals surface area (Å²) >= 11 is 9.85. The molecule has 2 nitrogen and oxygen atoms in total. The van der Waals surface area contributed by atoms with E-state index in [2.05, 4.69) is 78.8 Å². The zero-order valence-corrected chi connectivity index (χ0v) is 16.9. The SMILES string of the molecule is CC1C(Br)CC(/C=C2\C(=O)Nc3ccc(I)cc32)CC1Br. The number of benzene rings is 1. The first-order valence-electron chi connectivity index (χ1n) is 7.07. The average molecular weight is 525 g/mol. The predicted octanol–water partition coefficient (Wildman–Crippen LogP) is 5.20. The van der Waals surface area contributed by atoms with Crippen molar-refractivity contribution in [3.8, 4) is 0 Å². The van der Waals surface area contributed by atoms with Crippen molar-refractivity contribution >= 4 is 71.6 Å². The monoisotopic (exact) mass is 523 g/mol. The number of allylic oxidation sites excluding steroid dienone is 1. The lowest BCUT2D eigenvalue weighted by Crippen LogP contribution is -2.31. The lowest BCUT2D eigenvalue weighted by Gasteiger charge is -2.33. The molecule has 1 aromatic carbocycles. The van der Waals surface area contributed by atoms with Crippen molar-refractivity contribution < 1.29 is 4.79 Å². The molecule has 1 N–H and O–H groups in total. The van der Waals surface area contributed by atoms with Crippen LogP contribution >= 0.6 is 54.5 Å². The lowest BCUT2D eigenvalue weighted by molar-refractivity contribution is -0.110. The van der Waals surface area contributed by atoms with Gasteiger partial charge in [-0.1, -0.05) is 44.9 Å². The Labute approximate surface area is 155 Å². The second-order valence-corrected chi connectivity index (χ2v) is 9.44. The zero-order valence-electron chi connectivity index (χ0n) is 11.6. The number of rotatable bonds is 1. The third-order valence-electron chi connectivity index (χ3n) is 4.36. The maximum absolute atomic E-state index is 12.2. The van der Waals surface area contributed by atoms with Gasteiger partial charge in [0, 0.05) is 30.0 Å². The minimum absolute atomic E-state index is 0.0304. The second-order valence-electron chi connectivity index (χ2n) is 5.85. The zero-order chi connectivity index (χ0) is 15.1. The van der Waals surface area contributed by atoms with Crippen LogP contribution < -0.4 is 5.32 Å². The van der Waals surface area contributed by atoms with Gasteiger partial charge in [0.25, 0.3) is 5.91 Å². The molecule has 0 bridgehead atoms. The second kappa shape index (κ2) is 6.32. The molecule has 0 aromatic heterocycles. The molecule has 3 rings (SSSR count). The van der Waals surface area contributed by atoms with Crippen LogP contribution in [0.2, 0.25) is 0 Å². The summed E-state index contributed by atoms with van der Waals surface area (Å²) in [5, 5.41) is 2.96. The fourth-order valence-corrected chi connectivity index (χ4v) is 5.63. The molecular formula is C16H16Br2INO. The molecule has 1 aromatic rings. The number of fused-ring (bicyclic) bond motifs is 1. The Kier molecular flexibility index (Phi) is 4.81. The fraction of sp³-hybridized carbons (Fsp3) is 0.438. The van der Waals surface area contributed by atoms with Gasteiger partial charge in [-0.25, -0.2) is 0 Å². The van der Waals surface area contributed by atoms with E-state index in [9.17, 15) is 4.79 Å². The smallest absolute Gasteiger partial charge is 0.256 e. The number of halogens is 3. The number of carbonyl (C=O) groups is 1. The molecule has 2 atom stereocenters. The maximum atomic E-state index is 12.2. The van der Waals surface area contributed by atoms with Crippen LogP contribution in [-0.4, -0.2) is 15.6 Å². The number of alkyl halides is 2. The van der Waals surface area contributed by atoms with E-state index in [-0.39, 0.29) is 5.91 Å². The largest absolute Gasteiger partial charge is 0.321 e. The van der Waals surface area contributed by atoms with E-state index in [1.165, 1.54) is 0 Å². The molecule has 0 saturated heterocycles. The topological polar surface area (TPSA) is 29.1 Å². The van der Waals surface area contributed by atoms with E-state index in [0.717, 1.165) is 33.2 Å². The van der Waals surface area contributed by atoms with Crippen molar-refractivity contribution in [2.75, 3.05) is 5.32 Å². The molecule has 1 aliphatic carbocycles. The standard InChI is InChI=1S/C16H16Br2INO/c1-8-13(17)5-9(6-14(8)18)4-12-11-7-10(19)2-3-15(11)20-16(12)21/h2-4,7-9,13-14H,5-6H2,1H3,(H,20,21)/b12-4-. The van der Waals surface area contributed by atoms with Crippen LogP contribution in [0.25, 0.3) is 5.57 Å². The molecule has 5 heteroatoms. The van der Waals surface area contributed by atoms with Crippen LogP contribution in [0, 0.1) is 15.4 Å². The van der Waals surface area contributed by atoms with Crippen LogP contribution in [0.4, 0.5) is 5.69 Å². The van der Waals surface area contributed by atoms with Gasteiger partial charge in [-0.2, -0.15) is 0 Å². The highest BCUT2D eigenvalue weighted by atomic mass is 127. The van der Waals surface area contributed by atoms with Gasteiger partial charge in [-0.15, -0.1) is 0 Å². The summed E-state index contributed by atoms with van der Waals surface area (Å²) in [7, 11) is 0. The molecule has 1 fully saturated rings. The van der Waals surface area contributed by atoms with Gasteiger partial charge >= 0.3 is 0 Å². The highest BCUT2D eigenvalue weighted by Crippen LogP contribution is 2.41. The summed E-state index contributed by atoms with van der Waals surface area (Å²) in [5.74, 6) is 1.08. The van der Waals surface area contributed by atoms with Gasteiger partial charge in [0.15, 0.2) is 0 Å². The highest BCUT2D eigenvalue weighted by Gasteiger charge is 2.33. The summed E-state index contributed by atoms with van der Waals surface area (Å²) in [6, 6.07) is 6.09. The Balaban J connectivity index is 1.90. The molecule has 1 heterocycles. The number of nitrogens with one attached hydrogen (secondary N) is 1. The van der Waals surface area contributed by atoms with Gasteiger partial charge < -0.3 is 5.32 Å². The first kappa shape index (κ1) is 16.0. The minimum Gasteiger partial charge on any atom is -0.321 e. The molecule has 2 aliphatic rings. The van der Waals surface area contributed by atoms with Gasteiger partial charge in [0.2, 0.25) is 0 Å². The van der Waals surface area contributed by atoms with Gasteiger partial charge in [0.1, 0.15) is 0 Å². The van der Waals surface area contributed by atoms with E-state index in [1.54, 1.807) is 0 Å². The number of hydrogen-bond acceptors (Lipinski definition) is 1. The van der Waals surface area contributed by atoms with Gasteiger partial charge in [-0.3, -0.25) is 4.79 Å². The van der Waals surface area contributed by atoms with E-state index in [1.807, 2.05) is 12.1 Å². The summed E-state index contributed by atoms with van der Waals surface area (Å²) in [6.07, 6.45) is 4.34. The molecule has 21 heavy (non-hydrogen) atoms. The maximum Gasteiger partial charge on any atom is 0.256 e. The van der Waals surface area contributed by atoms with E-state index in [4.69, 9.17) is 0 Å². The Morgan fingerprint density at radius 1 is 1.29 bits per heavy atom. The third-order valence-corrected chi connectivity index (χ3v) is 7.45. The lowest BCUT2D eigenvalue weighted by atomic mass is 9.81. The molecular weight excluding hydrogens is 509 g/mol. The average Bonchev–Trinajstić information content (AvgIpc) is 2.72. The summed E-state index contributed by atoms with van der Waals surface area (Å²) in [4.78, 5) is 13.2. The number of carbonyl (C=O) groups excluding carboxylic acids is 1. The Hall–Kier alpha value is 0.120. The van der Waals surface area contributed by atoms with Crippen molar-refractivity contribution in [2.24, 2.45) is 11.8 Å². The fourth-order valence-electron chi connectivity index (χ4n) is 3.03. The first-order valence-corrected chi connectivity index (χ1v) is 9.98. The number of hydrogen-bond donors (Lipinski definition) is 1. The molecule has 112 valence electrons. The Morgan fingerprint density at radius 3 is 2.62 bits per heavy atom. The van der Waals surface area contributed by atoms with Crippen LogP contribution in [0.3, 0.4) is 0 Å². The van der Waals surface area contributed by atoms with Gasteiger partial charge in [0.05, 0.1) is 0 Å². The Morgan fingerprint density at radius 2 is 1.95 bits per heavy atom. The van der Waals surface area contributed by atoms with E-state index in [0.29, 0.717) is 21.5 Å². The van der Waals surface area contributed by atoms with E-state index >= 15 is 0 Å². The summed E-state index contributed by atoms with van der Waals surface area (Å²) in [6.45, 7) is 2.27. The molecule has 1 saturated carbocycles. The van der Waals surface area contributed by atoms with Crippen LogP contribution in [0.15, 0.2) is 24.3 Å². The quantitative estimate of drug-likeness (QED) is 0.305. The molecule has 0 spiro atoms. The Bertz CT molecular complexity index is 604. The molecule has 2 unspecified atom stereocenters. The third kappa shape index (κ3) is 3.24. The van der Waals surface area contributed by atoms with E-state index < -0.39 is 0 Å². The minimum atomic E-state index is 0.0304. The normalized spacial score (nSPS) is 33.9.